The lowest BCUT2D eigenvalue weighted by atomic mass is 10.1. The zero-order chi connectivity index (χ0) is 19.8. The highest BCUT2D eigenvalue weighted by Gasteiger charge is 2.21. The first kappa shape index (κ1) is 18.9. The lowest BCUT2D eigenvalue weighted by Crippen LogP contribution is -2.28. The largest absolute Gasteiger partial charge is 0.482 e. The van der Waals surface area contributed by atoms with Crippen LogP contribution in [0.15, 0.2) is 24.4 Å². The van der Waals surface area contributed by atoms with Crippen LogP contribution in [0, 0.1) is 5.82 Å². The number of halogens is 3. The highest BCUT2D eigenvalue weighted by molar-refractivity contribution is 6.36. The van der Waals surface area contributed by atoms with Gasteiger partial charge in [0.15, 0.2) is 17.4 Å². The smallest absolute Gasteiger partial charge is 0.183 e. The maximum absolute atomic E-state index is 13.8. The summed E-state index contributed by atoms with van der Waals surface area (Å²) >= 11 is 12.3. The predicted molar refractivity (Wildman–Crippen MR) is 105 cm³/mol. The number of benzene rings is 1. The van der Waals surface area contributed by atoms with Crippen LogP contribution in [0.1, 0.15) is 24.4 Å². The molecule has 1 aliphatic rings. The summed E-state index contributed by atoms with van der Waals surface area (Å²) in [6, 6.07) is 4.34. The van der Waals surface area contributed by atoms with Crippen LogP contribution in [-0.2, 0) is 13.1 Å². The van der Waals surface area contributed by atoms with E-state index in [1.807, 2.05) is 4.68 Å². The fourth-order valence-electron chi connectivity index (χ4n) is 3.03. The average molecular weight is 423 g/mol. The first-order chi connectivity index (χ1) is 13.4. The van der Waals surface area contributed by atoms with Crippen LogP contribution in [0.3, 0.4) is 0 Å². The van der Waals surface area contributed by atoms with E-state index in [-0.39, 0.29) is 10.8 Å². The van der Waals surface area contributed by atoms with Crippen molar-refractivity contribution in [2.75, 3.05) is 12.3 Å². The van der Waals surface area contributed by atoms with Crippen molar-refractivity contribution in [3.8, 4) is 17.1 Å². The minimum Gasteiger partial charge on any atom is -0.482 e. The normalized spacial score (nSPS) is 14.6. The average Bonchev–Trinajstić information content (AvgIpc) is 3.11. The molecule has 3 heterocycles. The molecule has 0 aliphatic carbocycles. The van der Waals surface area contributed by atoms with Crippen molar-refractivity contribution in [1.29, 1.82) is 0 Å². The molecule has 0 radical (unpaired) electrons. The number of aromatic nitrogens is 4. The highest BCUT2D eigenvalue weighted by Crippen LogP contribution is 2.36. The molecule has 2 aromatic heterocycles. The zero-order valence-electron chi connectivity index (χ0n) is 14.9. The molecule has 0 fully saturated rings. The van der Waals surface area contributed by atoms with Crippen LogP contribution in [0.4, 0.5) is 10.2 Å². The van der Waals surface area contributed by atoms with Gasteiger partial charge in [-0.2, -0.15) is 5.10 Å². The van der Waals surface area contributed by atoms with Gasteiger partial charge in [0, 0.05) is 28.9 Å². The van der Waals surface area contributed by atoms with E-state index in [1.54, 1.807) is 19.2 Å². The van der Waals surface area contributed by atoms with Crippen LogP contribution in [0.5, 0.6) is 5.75 Å². The van der Waals surface area contributed by atoms with E-state index >= 15 is 0 Å². The zero-order valence-corrected chi connectivity index (χ0v) is 16.4. The van der Waals surface area contributed by atoms with Crippen LogP contribution in [0.2, 0.25) is 10.0 Å². The lowest BCUT2D eigenvalue weighted by molar-refractivity contribution is 0.227. The van der Waals surface area contributed by atoms with E-state index in [2.05, 4.69) is 20.4 Å². The number of rotatable bonds is 4. The molecule has 0 saturated carbocycles. The number of hydrogen-bond acceptors (Lipinski definition) is 6. The first-order valence-electron chi connectivity index (χ1n) is 8.64. The number of ether oxygens (including phenoxy) is 1. The molecule has 3 aromatic rings. The molecular formula is C18H17Cl2FN6O. The van der Waals surface area contributed by atoms with Gasteiger partial charge in [0.1, 0.15) is 17.7 Å². The Labute approximate surface area is 170 Å². The number of nitrogens with one attached hydrogen (secondary N) is 1. The number of hydrogen-bond donors (Lipinski definition) is 2. The molecule has 7 nitrogen and oxygen atoms in total. The number of nitrogens with two attached hydrogens (primary N) is 1. The van der Waals surface area contributed by atoms with E-state index in [9.17, 15) is 4.39 Å². The van der Waals surface area contributed by atoms with Crippen molar-refractivity contribution in [3.63, 3.8) is 0 Å². The van der Waals surface area contributed by atoms with Crippen molar-refractivity contribution in [3.05, 3.63) is 51.6 Å². The standard InChI is InChI=1S/C18H17Cl2FN6O/c1-9(15-11(19)2-3-12(21)16(15)20)28-13-6-10(7-24-17(13)22)18-25-14-8-23-4-5-27(14)26-18/h2-3,6-7,9,23H,4-5,8H2,1H3,(H2,22,24). The maximum atomic E-state index is 13.8. The molecule has 0 amide bonds. The number of nitrogen functional groups attached to an aromatic ring is 1. The molecule has 0 saturated heterocycles. The third-order valence-electron chi connectivity index (χ3n) is 4.46. The topological polar surface area (TPSA) is 90.9 Å². The van der Waals surface area contributed by atoms with Gasteiger partial charge in [-0.15, -0.1) is 0 Å². The van der Waals surface area contributed by atoms with Gasteiger partial charge in [-0.25, -0.2) is 19.0 Å². The van der Waals surface area contributed by atoms with Crippen LogP contribution in [0.25, 0.3) is 11.4 Å². The fraction of sp³-hybridized carbons (Fsp3) is 0.278. The van der Waals surface area contributed by atoms with Gasteiger partial charge in [0.2, 0.25) is 0 Å². The van der Waals surface area contributed by atoms with Gasteiger partial charge in [0.05, 0.1) is 18.1 Å². The minimum atomic E-state index is -0.651. The molecule has 146 valence electrons. The molecule has 1 unspecified atom stereocenters. The summed E-state index contributed by atoms with van der Waals surface area (Å²) in [7, 11) is 0. The Hall–Kier alpha value is -2.42. The van der Waals surface area contributed by atoms with Gasteiger partial charge in [-0.1, -0.05) is 23.2 Å². The third-order valence-corrected chi connectivity index (χ3v) is 5.18. The Balaban J connectivity index is 1.65. The second-order valence-electron chi connectivity index (χ2n) is 6.38. The molecule has 0 bridgehead atoms. The van der Waals surface area contributed by atoms with Crippen molar-refractivity contribution >= 4 is 29.0 Å². The summed E-state index contributed by atoms with van der Waals surface area (Å²) in [6.45, 7) is 3.96. The van der Waals surface area contributed by atoms with Crippen molar-refractivity contribution in [2.24, 2.45) is 0 Å². The van der Waals surface area contributed by atoms with Crippen LogP contribution < -0.4 is 15.8 Å². The molecule has 3 N–H and O–H groups in total. The minimum absolute atomic E-state index is 0.0846. The van der Waals surface area contributed by atoms with Crippen molar-refractivity contribution in [2.45, 2.75) is 26.1 Å². The monoisotopic (exact) mass is 422 g/mol. The van der Waals surface area contributed by atoms with E-state index in [0.717, 1.165) is 18.9 Å². The molecule has 28 heavy (non-hydrogen) atoms. The van der Waals surface area contributed by atoms with E-state index in [1.165, 1.54) is 12.1 Å². The van der Waals surface area contributed by atoms with Crippen molar-refractivity contribution < 1.29 is 9.13 Å². The number of fused-ring (bicyclic) bond motifs is 1. The van der Waals surface area contributed by atoms with Gasteiger partial charge in [-0.05, 0) is 25.1 Å². The fourth-order valence-corrected chi connectivity index (χ4v) is 3.71. The van der Waals surface area contributed by atoms with Crippen LogP contribution in [-0.4, -0.2) is 26.3 Å². The Morgan fingerprint density at radius 1 is 1.36 bits per heavy atom. The molecule has 1 aliphatic heterocycles. The molecule has 10 heteroatoms. The van der Waals surface area contributed by atoms with E-state index < -0.39 is 11.9 Å². The van der Waals surface area contributed by atoms with Crippen molar-refractivity contribution in [1.82, 2.24) is 25.1 Å². The summed E-state index contributed by atoms with van der Waals surface area (Å²) in [4.78, 5) is 8.71. The number of pyridine rings is 1. The molecular weight excluding hydrogens is 406 g/mol. The summed E-state index contributed by atoms with van der Waals surface area (Å²) in [5, 5.41) is 7.97. The van der Waals surface area contributed by atoms with Gasteiger partial charge in [0.25, 0.3) is 0 Å². The Morgan fingerprint density at radius 3 is 2.96 bits per heavy atom. The number of anilines is 1. The molecule has 1 aromatic carbocycles. The van der Waals surface area contributed by atoms with Gasteiger partial charge in [-0.3, -0.25) is 0 Å². The molecule has 4 rings (SSSR count). The summed E-state index contributed by atoms with van der Waals surface area (Å²) < 4.78 is 21.6. The first-order valence-corrected chi connectivity index (χ1v) is 9.40. The predicted octanol–water partition coefficient (Wildman–Crippen LogP) is 3.61. The van der Waals surface area contributed by atoms with Gasteiger partial charge < -0.3 is 15.8 Å². The molecule has 1 atom stereocenters. The third kappa shape index (κ3) is 3.50. The summed E-state index contributed by atoms with van der Waals surface area (Å²) in [5.41, 5.74) is 6.97. The SMILES string of the molecule is CC(Oc1cc(-c2nc3n(n2)CCNC3)cnc1N)c1c(Cl)ccc(F)c1Cl. The Kier molecular flexibility index (Phi) is 5.09. The summed E-state index contributed by atoms with van der Waals surface area (Å²) in [5.74, 6) is 1.31. The maximum Gasteiger partial charge on any atom is 0.183 e. The van der Waals surface area contributed by atoms with E-state index in [4.69, 9.17) is 33.7 Å². The second kappa shape index (κ2) is 7.54. The Morgan fingerprint density at radius 2 is 2.18 bits per heavy atom. The number of nitrogens with zero attached hydrogens (tertiary/aromatic N) is 4. The van der Waals surface area contributed by atoms with E-state index in [0.29, 0.717) is 34.3 Å². The quantitative estimate of drug-likeness (QED) is 0.623. The highest BCUT2D eigenvalue weighted by atomic mass is 35.5. The molecule has 0 spiro atoms. The summed E-state index contributed by atoms with van der Waals surface area (Å²) in [6.07, 6.45) is 0.937. The Bertz CT molecular complexity index is 1020. The van der Waals surface area contributed by atoms with Crippen LogP contribution >= 0.6 is 23.2 Å². The second-order valence-corrected chi connectivity index (χ2v) is 7.16. The lowest BCUT2D eigenvalue weighted by Gasteiger charge is -2.19. The van der Waals surface area contributed by atoms with Gasteiger partial charge >= 0.3 is 0 Å².